The zero-order valence-corrected chi connectivity index (χ0v) is 11.9. The van der Waals surface area contributed by atoms with Crippen molar-refractivity contribution in [3.05, 3.63) is 54.0 Å². The van der Waals surface area contributed by atoms with Crippen LogP contribution in [0.15, 0.2) is 47.8 Å². The maximum atomic E-state index is 4.33. The van der Waals surface area contributed by atoms with E-state index in [0.717, 1.165) is 27.8 Å². The normalized spacial score (nSPS) is 11.7. The number of H-pyrrole nitrogens is 2. The van der Waals surface area contributed by atoms with Crippen molar-refractivity contribution in [2.75, 3.05) is 5.43 Å². The smallest absolute Gasteiger partial charge is 0.325 e. The number of aromatic nitrogens is 5. The molecule has 0 radical (unpaired) electrons. The molecule has 0 unspecified atom stereocenters. The highest BCUT2D eigenvalue weighted by molar-refractivity contribution is 6.00. The van der Waals surface area contributed by atoms with Crippen molar-refractivity contribution in [1.29, 1.82) is 0 Å². The molecule has 3 N–H and O–H groups in total. The van der Waals surface area contributed by atoms with E-state index in [1.807, 2.05) is 31.2 Å². The summed E-state index contributed by atoms with van der Waals surface area (Å²) in [4.78, 5) is 3.35. The van der Waals surface area contributed by atoms with Gasteiger partial charge < -0.3 is 4.98 Å². The van der Waals surface area contributed by atoms with Crippen molar-refractivity contribution < 1.29 is 4.52 Å². The van der Waals surface area contributed by atoms with E-state index in [2.05, 4.69) is 42.9 Å². The first-order valence-electron chi connectivity index (χ1n) is 6.90. The second-order valence-corrected chi connectivity index (χ2v) is 4.97. The molecular weight excluding hydrogens is 278 g/mol. The Labute approximate surface area is 125 Å². The number of fused-ring (bicyclic) bond motifs is 2. The quantitative estimate of drug-likeness (QED) is 0.306. The highest BCUT2D eigenvalue weighted by atomic mass is 15.4. The second kappa shape index (κ2) is 4.96. The molecular formula is C15H14N7+. The van der Waals surface area contributed by atoms with Gasteiger partial charge in [-0.3, -0.25) is 5.43 Å². The number of nitrogens with zero attached hydrogens (tertiary/aromatic N) is 4. The minimum absolute atomic E-state index is 0.646. The molecule has 0 saturated carbocycles. The summed E-state index contributed by atoms with van der Waals surface area (Å²) in [5, 5.41) is 16.5. The number of nitrogens with one attached hydrogen (secondary N) is 3. The van der Waals surface area contributed by atoms with Crippen LogP contribution in [-0.4, -0.2) is 26.5 Å². The summed E-state index contributed by atoms with van der Waals surface area (Å²) < 4.78 is 1.65. The monoisotopic (exact) mass is 292 g/mol. The average molecular weight is 292 g/mol. The topological polar surface area (TPSA) is 85.8 Å². The van der Waals surface area contributed by atoms with Gasteiger partial charge in [0.05, 0.1) is 6.21 Å². The van der Waals surface area contributed by atoms with Crippen LogP contribution in [0.5, 0.6) is 0 Å². The molecule has 0 amide bonds. The fraction of sp³-hybridized carbons (Fsp3) is 0.0667. The minimum atomic E-state index is 0.646. The minimum Gasteiger partial charge on any atom is -0.358 e. The molecule has 3 heterocycles. The molecule has 0 spiro atoms. The van der Waals surface area contributed by atoms with Crippen molar-refractivity contribution in [3.63, 3.8) is 0 Å². The van der Waals surface area contributed by atoms with Gasteiger partial charge in [-0.25, -0.2) is 0 Å². The van der Waals surface area contributed by atoms with Gasteiger partial charge in [-0.1, -0.05) is 23.3 Å². The van der Waals surface area contributed by atoms with Crippen LogP contribution in [0.25, 0.3) is 16.6 Å². The molecule has 7 heteroatoms. The fourth-order valence-electron chi connectivity index (χ4n) is 2.45. The molecule has 108 valence electrons. The Balaban J connectivity index is 1.61. The standard InChI is InChI=1S/C15H13N7/c1-10-12(11-4-2-3-5-13(11)18-10)8-16-19-14-6-7-15-20-17-9-22(15)21-14/h2-9H,1H3,(H2,16,18,19,20,21)/p+1. The molecule has 0 saturated heterocycles. The molecule has 0 atom stereocenters. The lowest BCUT2D eigenvalue weighted by atomic mass is 10.1. The second-order valence-electron chi connectivity index (χ2n) is 4.97. The Morgan fingerprint density at radius 1 is 1.23 bits per heavy atom. The molecule has 22 heavy (non-hydrogen) atoms. The van der Waals surface area contributed by atoms with Crippen LogP contribution in [0.2, 0.25) is 0 Å². The maximum absolute atomic E-state index is 4.33. The molecule has 0 fully saturated rings. The first-order valence-corrected chi connectivity index (χ1v) is 6.90. The lowest BCUT2D eigenvalue weighted by Crippen LogP contribution is -2.24. The van der Waals surface area contributed by atoms with Gasteiger partial charge in [0.1, 0.15) is 0 Å². The van der Waals surface area contributed by atoms with E-state index >= 15 is 0 Å². The number of hydrazone groups is 1. The number of aromatic amines is 2. The highest BCUT2D eigenvalue weighted by Crippen LogP contribution is 2.19. The fourth-order valence-corrected chi connectivity index (χ4v) is 2.45. The Hall–Kier alpha value is -3.22. The Morgan fingerprint density at radius 2 is 2.14 bits per heavy atom. The SMILES string of the molecule is Cc1[nH]c2ccccc2c1C=NNc1ccc2n[nH]c[n+]2n1. The van der Waals surface area contributed by atoms with Crippen LogP contribution in [0.3, 0.4) is 0 Å². The van der Waals surface area contributed by atoms with Crippen LogP contribution in [0.4, 0.5) is 5.82 Å². The van der Waals surface area contributed by atoms with Gasteiger partial charge in [-0.05, 0) is 19.1 Å². The third-order valence-corrected chi connectivity index (χ3v) is 3.52. The predicted molar refractivity (Wildman–Crippen MR) is 83.8 cm³/mol. The molecule has 4 aromatic rings. The van der Waals surface area contributed by atoms with Gasteiger partial charge >= 0.3 is 5.65 Å². The summed E-state index contributed by atoms with van der Waals surface area (Å²) in [5.41, 5.74) is 6.95. The summed E-state index contributed by atoms with van der Waals surface area (Å²) in [5.74, 6) is 0.646. The molecule has 0 aliphatic carbocycles. The number of aryl methyl sites for hydroxylation is 1. The van der Waals surface area contributed by atoms with Gasteiger partial charge in [0.25, 0.3) is 0 Å². The first-order chi connectivity index (χ1) is 10.8. The third kappa shape index (κ3) is 2.08. The number of anilines is 1. The lowest BCUT2D eigenvalue weighted by molar-refractivity contribution is -0.579. The Morgan fingerprint density at radius 3 is 3.09 bits per heavy atom. The molecule has 7 nitrogen and oxygen atoms in total. The lowest BCUT2D eigenvalue weighted by Gasteiger charge is -1.97. The van der Waals surface area contributed by atoms with Crippen molar-refractivity contribution in [1.82, 2.24) is 20.3 Å². The zero-order valence-electron chi connectivity index (χ0n) is 11.9. The molecule has 0 aliphatic rings. The van der Waals surface area contributed by atoms with E-state index in [1.165, 1.54) is 0 Å². The average Bonchev–Trinajstić information content (AvgIpc) is 3.11. The van der Waals surface area contributed by atoms with Crippen LogP contribution in [-0.2, 0) is 0 Å². The summed E-state index contributed by atoms with van der Waals surface area (Å²) in [7, 11) is 0. The number of rotatable bonds is 3. The van der Waals surface area contributed by atoms with Gasteiger partial charge in [-0.15, -0.1) is 9.61 Å². The van der Waals surface area contributed by atoms with E-state index in [-0.39, 0.29) is 0 Å². The molecule has 1 aromatic carbocycles. The molecule has 0 aliphatic heterocycles. The van der Waals surface area contributed by atoms with Crippen LogP contribution < -0.4 is 9.94 Å². The van der Waals surface area contributed by atoms with Crippen LogP contribution in [0.1, 0.15) is 11.3 Å². The molecule has 0 bridgehead atoms. The number of hydrogen-bond acceptors (Lipinski definition) is 4. The molecule has 4 rings (SSSR count). The summed E-state index contributed by atoms with van der Waals surface area (Å²) in [6, 6.07) is 11.8. The van der Waals surface area contributed by atoms with Crippen molar-refractivity contribution in [2.24, 2.45) is 5.10 Å². The van der Waals surface area contributed by atoms with E-state index in [1.54, 1.807) is 17.1 Å². The number of hydrogen-bond donors (Lipinski definition) is 3. The van der Waals surface area contributed by atoms with Gasteiger partial charge in [0.2, 0.25) is 6.33 Å². The van der Waals surface area contributed by atoms with Crippen molar-refractivity contribution >= 4 is 28.6 Å². The maximum Gasteiger partial charge on any atom is 0.325 e. The largest absolute Gasteiger partial charge is 0.358 e. The first kappa shape index (κ1) is 12.5. The van der Waals surface area contributed by atoms with Crippen LogP contribution >= 0.6 is 0 Å². The molecule has 3 aromatic heterocycles. The summed E-state index contributed by atoms with van der Waals surface area (Å²) >= 11 is 0. The van der Waals surface area contributed by atoms with Crippen molar-refractivity contribution in [3.8, 4) is 0 Å². The van der Waals surface area contributed by atoms with Gasteiger partial charge in [0, 0.05) is 33.3 Å². The van der Waals surface area contributed by atoms with Gasteiger partial charge in [-0.2, -0.15) is 5.10 Å². The highest BCUT2D eigenvalue weighted by Gasteiger charge is 2.06. The van der Waals surface area contributed by atoms with Crippen molar-refractivity contribution in [2.45, 2.75) is 6.92 Å². The number of benzene rings is 1. The predicted octanol–water partition coefficient (Wildman–Crippen LogP) is 1.78. The summed E-state index contributed by atoms with van der Waals surface area (Å²) in [6.07, 6.45) is 3.48. The summed E-state index contributed by atoms with van der Waals surface area (Å²) in [6.45, 7) is 2.03. The third-order valence-electron chi connectivity index (χ3n) is 3.52. The Bertz CT molecular complexity index is 980. The van der Waals surface area contributed by atoms with E-state index in [4.69, 9.17) is 0 Å². The Kier molecular flexibility index (Phi) is 2.82. The van der Waals surface area contributed by atoms with E-state index in [9.17, 15) is 0 Å². The zero-order chi connectivity index (χ0) is 14.9. The number of para-hydroxylation sites is 1. The van der Waals surface area contributed by atoms with Crippen LogP contribution in [0, 0.1) is 6.92 Å². The van der Waals surface area contributed by atoms with E-state index in [0.29, 0.717) is 5.82 Å². The van der Waals surface area contributed by atoms with E-state index < -0.39 is 0 Å². The van der Waals surface area contributed by atoms with Gasteiger partial charge in [0.15, 0.2) is 5.82 Å².